The van der Waals surface area contributed by atoms with Gasteiger partial charge in [0.05, 0.1) is 17.2 Å². The first-order valence-electron chi connectivity index (χ1n) is 7.70. The van der Waals surface area contributed by atoms with Crippen molar-refractivity contribution < 1.29 is 18.0 Å². The Hall–Kier alpha value is -2.50. The first kappa shape index (κ1) is 17.8. The third-order valence-electron chi connectivity index (χ3n) is 3.62. The number of amides is 1. The molecule has 0 bridgehead atoms. The van der Waals surface area contributed by atoms with Crippen molar-refractivity contribution in [2.75, 3.05) is 5.43 Å². The second kappa shape index (κ2) is 7.86. The molecule has 1 atom stereocenters. The molecule has 2 aromatic carbocycles. The lowest BCUT2D eigenvalue weighted by Gasteiger charge is -2.18. The van der Waals surface area contributed by atoms with Crippen LogP contribution in [0.1, 0.15) is 36.8 Å². The van der Waals surface area contributed by atoms with Gasteiger partial charge in [-0.05, 0) is 30.2 Å². The van der Waals surface area contributed by atoms with E-state index in [9.17, 15) is 18.0 Å². The summed E-state index contributed by atoms with van der Waals surface area (Å²) in [6, 6.07) is 14.0. The molecule has 0 aromatic heterocycles. The van der Waals surface area contributed by atoms with E-state index in [1.165, 1.54) is 12.1 Å². The quantitative estimate of drug-likeness (QED) is 0.749. The molecular formula is C18H19F3N2O. The zero-order valence-electron chi connectivity index (χ0n) is 13.2. The van der Waals surface area contributed by atoms with E-state index in [0.717, 1.165) is 24.1 Å². The number of carbonyl (C=O) groups excluding carboxylic acids is 1. The molecule has 0 heterocycles. The Labute approximate surface area is 138 Å². The second-order valence-electron chi connectivity index (χ2n) is 5.44. The predicted molar refractivity (Wildman–Crippen MR) is 87.3 cm³/mol. The molecule has 3 nitrogen and oxygen atoms in total. The number of alkyl halides is 3. The van der Waals surface area contributed by atoms with Crippen LogP contribution in [0.5, 0.6) is 0 Å². The topological polar surface area (TPSA) is 41.1 Å². The highest BCUT2D eigenvalue weighted by molar-refractivity contribution is 5.84. The molecular weight excluding hydrogens is 317 g/mol. The van der Waals surface area contributed by atoms with E-state index in [0.29, 0.717) is 6.42 Å². The molecule has 0 aliphatic heterocycles. The molecule has 0 aliphatic carbocycles. The molecule has 0 saturated heterocycles. The van der Waals surface area contributed by atoms with Crippen LogP contribution in [0, 0.1) is 0 Å². The van der Waals surface area contributed by atoms with Crippen LogP contribution in [-0.4, -0.2) is 5.91 Å². The average molecular weight is 336 g/mol. The molecule has 24 heavy (non-hydrogen) atoms. The number of hydrogen-bond donors (Lipinski definition) is 2. The number of halogens is 3. The average Bonchev–Trinajstić information content (AvgIpc) is 2.58. The normalized spacial score (nSPS) is 12.5. The van der Waals surface area contributed by atoms with Gasteiger partial charge in [-0.25, -0.2) is 0 Å². The minimum Gasteiger partial charge on any atom is -0.299 e. The van der Waals surface area contributed by atoms with Gasteiger partial charge in [0, 0.05) is 0 Å². The molecule has 2 rings (SSSR count). The van der Waals surface area contributed by atoms with Crippen molar-refractivity contribution >= 4 is 11.6 Å². The number of benzene rings is 2. The lowest BCUT2D eigenvalue weighted by Crippen LogP contribution is -2.34. The van der Waals surface area contributed by atoms with Crippen LogP contribution in [0.3, 0.4) is 0 Å². The van der Waals surface area contributed by atoms with Gasteiger partial charge >= 0.3 is 6.18 Å². The van der Waals surface area contributed by atoms with Gasteiger partial charge in [-0.2, -0.15) is 13.2 Å². The third kappa shape index (κ3) is 4.75. The van der Waals surface area contributed by atoms with Crippen LogP contribution in [-0.2, 0) is 11.0 Å². The van der Waals surface area contributed by atoms with Crippen LogP contribution in [0.15, 0.2) is 54.6 Å². The third-order valence-corrected chi connectivity index (χ3v) is 3.62. The van der Waals surface area contributed by atoms with Crippen molar-refractivity contribution in [2.45, 2.75) is 31.9 Å². The Kier molecular flexibility index (Phi) is 5.84. The van der Waals surface area contributed by atoms with E-state index in [1.807, 2.05) is 37.3 Å². The summed E-state index contributed by atoms with van der Waals surface area (Å²) in [7, 11) is 0. The van der Waals surface area contributed by atoms with E-state index in [2.05, 4.69) is 10.9 Å². The second-order valence-corrected chi connectivity index (χ2v) is 5.44. The molecule has 2 N–H and O–H groups in total. The van der Waals surface area contributed by atoms with Gasteiger partial charge < -0.3 is 0 Å². The van der Waals surface area contributed by atoms with Crippen molar-refractivity contribution in [2.24, 2.45) is 0 Å². The highest BCUT2D eigenvalue weighted by Gasteiger charge is 2.30. The molecule has 2 aromatic rings. The van der Waals surface area contributed by atoms with Gasteiger partial charge in [0.25, 0.3) is 0 Å². The van der Waals surface area contributed by atoms with Gasteiger partial charge in [-0.1, -0.05) is 49.7 Å². The van der Waals surface area contributed by atoms with E-state index < -0.39 is 11.7 Å². The number of hydrogen-bond acceptors (Lipinski definition) is 2. The molecule has 0 spiro atoms. The summed E-state index contributed by atoms with van der Waals surface area (Å²) < 4.78 is 38.1. The highest BCUT2D eigenvalue weighted by Crippen LogP contribution is 2.30. The Balaban J connectivity index is 2.06. The van der Waals surface area contributed by atoms with Crippen LogP contribution >= 0.6 is 0 Å². The molecule has 0 saturated carbocycles. The van der Waals surface area contributed by atoms with Gasteiger partial charge in [0.15, 0.2) is 0 Å². The number of carbonyl (C=O) groups is 1. The molecule has 0 aliphatic rings. The molecule has 0 radical (unpaired) electrons. The Morgan fingerprint density at radius 1 is 1.08 bits per heavy atom. The van der Waals surface area contributed by atoms with Crippen LogP contribution in [0.2, 0.25) is 0 Å². The standard InChI is InChI=1S/C18H19F3N2O/c1-2-7-16(13-8-4-3-5-9-13)17(24)23-22-15-11-6-10-14(12-15)18(19,20)21/h3-6,8-12,16,22H,2,7H2,1H3,(H,23,24). The minimum absolute atomic E-state index is 0.182. The van der Waals surface area contributed by atoms with Gasteiger partial charge in [0.2, 0.25) is 5.91 Å². The Bertz CT molecular complexity index is 671. The molecule has 6 heteroatoms. The summed E-state index contributed by atoms with van der Waals surface area (Å²) in [6.45, 7) is 1.98. The minimum atomic E-state index is -4.42. The van der Waals surface area contributed by atoms with Crippen LogP contribution < -0.4 is 10.9 Å². The molecule has 128 valence electrons. The number of rotatable bonds is 6. The SMILES string of the molecule is CCCC(C(=O)NNc1cccc(C(F)(F)F)c1)c1ccccc1. The zero-order chi connectivity index (χ0) is 17.6. The van der Waals surface area contributed by atoms with Crippen LogP contribution in [0.25, 0.3) is 0 Å². The van der Waals surface area contributed by atoms with Crippen molar-refractivity contribution in [3.05, 3.63) is 65.7 Å². The lowest BCUT2D eigenvalue weighted by molar-refractivity contribution is -0.137. The number of anilines is 1. The first-order valence-corrected chi connectivity index (χ1v) is 7.70. The fourth-order valence-corrected chi connectivity index (χ4v) is 2.42. The maximum atomic E-state index is 12.7. The largest absolute Gasteiger partial charge is 0.416 e. The van der Waals surface area contributed by atoms with Gasteiger partial charge in [-0.3, -0.25) is 15.6 Å². The summed E-state index contributed by atoms with van der Waals surface area (Å²) >= 11 is 0. The summed E-state index contributed by atoms with van der Waals surface area (Å²) in [4.78, 5) is 12.4. The molecule has 1 unspecified atom stereocenters. The number of nitrogens with one attached hydrogen (secondary N) is 2. The number of hydrazine groups is 1. The van der Waals surface area contributed by atoms with E-state index in [4.69, 9.17) is 0 Å². The van der Waals surface area contributed by atoms with Crippen molar-refractivity contribution in [1.82, 2.24) is 5.43 Å². The maximum Gasteiger partial charge on any atom is 0.416 e. The van der Waals surface area contributed by atoms with Gasteiger partial charge in [0.1, 0.15) is 0 Å². The summed E-state index contributed by atoms with van der Waals surface area (Å²) in [5.41, 5.74) is 5.36. The first-order chi connectivity index (χ1) is 11.4. The Morgan fingerprint density at radius 2 is 1.79 bits per heavy atom. The van der Waals surface area contributed by atoms with Crippen molar-refractivity contribution in [3.8, 4) is 0 Å². The van der Waals surface area contributed by atoms with Crippen LogP contribution in [0.4, 0.5) is 18.9 Å². The molecule has 1 amide bonds. The van der Waals surface area contributed by atoms with E-state index in [-0.39, 0.29) is 17.5 Å². The van der Waals surface area contributed by atoms with Crippen molar-refractivity contribution in [1.29, 1.82) is 0 Å². The van der Waals surface area contributed by atoms with E-state index in [1.54, 1.807) is 0 Å². The Morgan fingerprint density at radius 3 is 2.42 bits per heavy atom. The monoisotopic (exact) mass is 336 g/mol. The molecule has 0 fully saturated rings. The predicted octanol–water partition coefficient (Wildman–Crippen LogP) is 4.73. The fraction of sp³-hybridized carbons (Fsp3) is 0.278. The lowest BCUT2D eigenvalue weighted by atomic mass is 9.94. The van der Waals surface area contributed by atoms with Gasteiger partial charge in [-0.15, -0.1) is 0 Å². The van der Waals surface area contributed by atoms with Crippen molar-refractivity contribution in [3.63, 3.8) is 0 Å². The summed E-state index contributed by atoms with van der Waals surface area (Å²) in [6.07, 6.45) is -2.95. The summed E-state index contributed by atoms with van der Waals surface area (Å²) in [5.74, 6) is -0.630. The zero-order valence-corrected chi connectivity index (χ0v) is 13.2. The highest BCUT2D eigenvalue weighted by atomic mass is 19.4. The maximum absolute atomic E-state index is 12.7. The fourth-order valence-electron chi connectivity index (χ4n) is 2.42. The van der Waals surface area contributed by atoms with E-state index >= 15 is 0 Å². The summed E-state index contributed by atoms with van der Waals surface area (Å²) in [5, 5.41) is 0. The smallest absolute Gasteiger partial charge is 0.299 e.